The van der Waals surface area contributed by atoms with Crippen LogP contribution in [0.15, 0.2) is 47.0 Å². The molecule has 1 aliphatic rings. The summed E-state index contributed by atoms with van der Waals surface area (Å²) in [7, 11) is 4.93. The van der Waals surface area contributed by atoms with Crippen molar-refractivity contribution in [3.05, 3.63) is 54.0 Å². The van der Waals surface area contributed by atoms with Gasteiger partial charge in [-0.25, -0.2) is 9.50 Å². The molecule has 0 N–H and O–H groups in total. The first-order chi connectivity index (χ1) is 18.1. The molecule has 0 amide bonds. The van der Waals surface area contributed by atoms with Crippen LogP contribution in [0.2, 0.25) is 0 Å². The molecule has 0 spiro atoms. The van der Waals surface area contributed by atoms with Gasteiger partial charge in [0.05, 0.1) is 37.2 Å². The molecule has 0 aliphatic carbocycles. The Morgan fingerprint density at radius 2 is 1.92 bits per heavy atom. The molecule has 6 rings (SSSR count). The van der Waals surface area contributed by atoms with Crippen LogP contribution in [0.25, 0.3) is 27.4 Å². The highest BCUT2D eigenvalue weighted by Gasteiger charge is 2.36. The van der Waals surface area contributed by atoms with E-state index in [0.29, 0.717) is 51.9 Å². The van der Waals surface area contributed by atoms with Crippen LogP contribution in [0.5, 0.6) is 16.7 Å². The molecule has 1 aliphatic heterocycles. The highest BCUT2D eigenvalue weighted by molar-refractivity contribution is 7.18. The van der Waals surface area contributed by atoms with Gasteiger partial charge in [-0.1, -0.05) is 6.07 Å². The van der Waals surface area contributed by atoms with Crippen molar-refractivity contribution < 1.29 is 28.1 Å². The summed E-state index contributed by atoms with van der Waals surface area (Å²) in [6.45, 7) is 1.58. The Morgan fingerprint density at radius 3 is 2.68 bits per heavy atom. The number of aromatic nitrogens is 4. The summed E-state index contributed by atoms with van der Waals surface area (Å²) in [6, 6.07) is 11.5. The van der Waals surface area contributed by atoms with Crippen LogP contribution < -0.4 is 14.2 Å². The number of nitrogens with zero attached hydrogens (tertiary/aromatic N) is 4. The summed E-state index contributed by atoms with van der Waals surface area (Å²) in [5.74, 6) is 1.86. The first-order valence-electron chi connectivity index (χ1n) is 11.8. The molecule has 0 unspecified atom stereocenters. The van der Waals surface area contributed by atoms with Crippen LogP contribution in [0.4, 0.5) is 0 Å². The fourth-order valence-electron chi connectivity index (χ4n) is 4.56. The van der Waals surface area contributed by atoms with E-state index in [-0.39, 0.29) is 6.61 Å². The second-order valence-electron chi connectivity index (χ2n) is 8.69. The molecule has 37 heavy (non-hydrogen) atoms. The second-order valence-corrected chi connectivity index (χ2v) is 9.61. The normalized spacial score (nSPS) is 15.3. The molecule has 5 heterocycles. The average molecular weight is 523 g/mol. The van der Waals surface area contributed by atoms with Crippen LogP contribution in [-0.2, 0) is 21.7 Å². The van der Waals surface area contributed by atoms with E-state index in [1.54, 1.807) is 32.0 Å². The van der Waals surface area contributed by atoms with Crippen LogP contribution in [-0.4, -0.2) is 54.1 Å². The number of furan rings is 1. The van der Waals surface area contributed by atoms with Crippen molar-refractivity contribution in [3.8, 4) is 28.1 Å². The minimum absolute atomic E-state index is 0.275. The summed E-state index contributed by atoms with van der Waals surface area (Å²) in [5.41, 5.74) is 2.56. The zero-order valence-corrected chi connectivity index (χ0v) is 21.5. The largest absolute Gasteiger partial charge is 0.496 e. The molecule has 0 radical (unpaired) electrons. The van der Waals surface area contributed by atoms with Crippen molar-refractivity contribution in [2.45, 2.75) is 25.0 Å². The Balaban J connectivity index is 1.29. The molecule has 10 nitrogen and oxygen atoms in total. The van der Waals surface area contributed by atoms with Crippen LogP contribution in [0.1, 0.15) is 24.2 Å². The summed E-state index contributed by atoms with van der Waals surface area (Å²) in [4.78, 5) is 10.2. The number of hydrogen-bond acceptors (Lipinski definition) is 10. The van der Waals surface area contributed by atoms with Gasteiger partial charge < -0.3 is 28.1 Å². The van der Waals surface area contributed by atoms with Gasteiger partial charge in [0, 0.05) is 45.3 Å². The van der Waals surface area contributed by atoms with E-state index in [0.717, 1.165) is 29.6 Å². The predicted molar refractivity (Wildman–Crippen MR) is 136 cm³/mol. The molecule has 4 aromatic heterocycles. The SMILES string of the molecule is COc1cc(OCc2cccc(C3(OC)CCOCC3)n2)c2cc(-c3cn4nc(OC)sc4n3)oc2c1. The van der Waals surface area contributed by atoms with E-state index in [9.17, 15) is 0 Å². The number of fused-ring (bicyclic) bond motifs is 2. The van der Waals surface area contributed by atoms with Crippen molar-refractivity contribution in [2.75, 3.05) is 34.5 Å². The van der Waals surface area contributed by atoms with Crippen molar-refractivity contribution in [2.24, 2.45) is 0 Å². The number of imidazole rings is 1. The number of hydrogen-bond donors (Lipinski definition) is 0. The van der Waals surface area contributed by atoms with Crippen molar-refractivity contribution in [3.63, 3.8) is 0 Å². The van der Waals surface area contributed by atoms with Gasteiger partial charge in [-0.2, -0.15) is 0 Å². The van der Waals surface area contributed by atoms with Gasteiger partial charge in [0.15, 0.2) is 5.76 Å². The van der Waals surface area contributed by atoms with E-state index in [1.165, 1.54) is 11.3 Å². The Morgan fingerprint density at radius 1 is 1.05 bits per heavy atom. The van der Waals surface area contributed by atoms with Crippen LogP contribution >= 0.6 is 11.3 Å². The number of benzene rings is 1. The van der Waals surface area contributed by atoms with E-state index < -0.39 is 5.60 Å². The lowest BCUT2D eigenvalue weighted by Crippen LogP contribution is -2.36. The van der Waals surface area contributed by atoms with Gasteiger partial charge in [0.2, 0.25) is 4.96 Å². The van der Waals surface area contributed by atoms with Gasteiger partial charge >= 0.3 is 0 Å². The van der Waals surface area contributed by atoms with Gasteiger partial charge in [-0.3, -0.25) is 4.98 Å². The Labute approximate surface area is 216 Å². The standard InChI is InChI=1S/C26H26N4O6S/c1-31-17-11-20(35-15-16-5-4-6-23(27-16)26(33-3)7-9-34-10-8-26)18-13-22(36-21(18)12-17)19-14-30-24(28-19)37-25(29-30)32-2/h4-6,11-14H,7-10,15H2,1-3H3. The monoisotopic (exact) mass is 522 g/mol. The van der Waals surface area contributed by atoms with E-state index >= 15 is 0 Å². The van der Waals surface area contributed by atoms with Gasteiger partial charge in [-0.05, 0) is 29.5 Å². The Hall–Kier alpha value is -3.67. The summed E-state index contributed by atoms with van der Waals surface area (Å²) in [5, 5.41) is 5.69. The highest BCUT2D eigenvalue weighted by Crippen LogP contribution is 2.38. The summed E-state index contributed by atoms with van der Waals surface area (Å²) in [6.07, 6.45) is 3.34. The number of methoxy groups -OCH3 is 3. The smallest absolute Gasteiger partial charge is 0.294 e. The quantitative estimate of drug-likeness (QED) is 0.283. The molecule has 5 aromatic rings. The average Bonchev–Trinajstić information content (AvgIpc) is 3.65. The van der Waals surface area contributed by atoms with Gasteiger partial charge in [0.1, 0.15) is 35.0 Å². The van der Waals surface area contributed by atoms with Crippen molar-refractivity contribution in [1.82, 2.24) is 19.6 Å². The third kappa shape index (κ3) is 4.39. The number of rotatable bonds is 8. The molecular weight excluding hydrogens is 496 g/mol. The topological polar surface area (TPSA) is 102 Å². The molecule has 1 aromatic carbocycles. The lowest BCUT2D eigenvalue weighted by Gasteiger charge is -2.35. The van der Waals surface area contributed by atoms with Crippen LogP contribution in [0.3, 0.4) is 0 Å². The lowest BCUT2D eigenvalue weighted by atomic mass is 9.90. The van der Waals surface area contributed by atoms with E-state index in [4.69, 9.17) is 33.1 Å². The van der Waals surface area contributed by atoms with Crippen LogP contribution in [0, 0.1) is 0 Å². The maximum Gasteiger partial charge on any atom is 0.294 e. The highest BCUT2D eigenvalue weighted by atomic mass is 32.1. The van der Waals surface area contributed by atoms with Gasteiger partial charge in [0.25, 0.3) is 5.19 Å². The molecular formula is C26H26N4O6S. The van der Waals surface area contributed by atoms with Crippen molar-refractivity contribution >= 4 is 27.3 Å². The molecule has 192 valence electrons. The predicted octanol–water partition coefficient (Wildman–Crippen LogP) is 4.85. The molecule has 1 saturated heterocycles. The van der Waals surface area contributed by atoms with Gasteiger partial charge in [-0.15, -0.1) is 5.10 Å². The number of pyridine rings is 1. The molecule has 11 heteroatoms. The van der Waals surface area contributed by atoms with Crippen molar-refractivity contribution in [1.29, 1.82) is 0 Å². The molecule has 0 saturated carbocycles. The second kappa shape index (κ2) is 9.66. The fourth-order valence-corrected chi connectivity index (χ4v) is 5.26. The minimum atomic E-state index is -0.436. The Kier molecular flexibility index (Phi) is 6.19. The molecule has 0 atom stereocenters. The third-order valence-corrected chi connectivity index (χ3v) is 7.48. The zero-order valence-electron chi connectivity index (χ0n) is 20.7. The third-order valence-electron chi connectivity index (χ3n) is 6.60. The van der Waals surface area contributed by atoms with E-state index in [2.05, 4.69) is 10.1 Å². The first kappa shape index (κ1) is 23.7. The maximum atomic E-state index is 6.26. The minimum Gasteiger partial charge on any atom is -0.496 e. The maximum absolute atomic E-state index is 6.26. The molecule has 0 bridgehead atoms. The number of ether oxygens (including phenoxy) is 5. The van der Waals surface area contributed by atoms with E-state index in [1.807, 2.05) is 36.4 Å². The zero-order chi connectivity index (χ0) is 25.4. The lowest BCUT2D eigenvalue weighted by molar-refractivity contribution is -0.0974. The first-order valence-corrected chi connectivity index (χ1v) is 12.7. The fraction of sp³-hybridized carbons (Fsp3) is 0.346. The molecule has 1 fully saturated rings. The Bertz CT molecular complexity index is 1520. The summed E-state index contributed by atoms with van der Waals surface area (Å²) < 4.78 is 36.2. The summed E-state index contributed by atoms with van der Waals surface area (Å²) >= 11 is 1.36.